The minimum Gasteiger partial charge on any atom is -0.489 e. The van der Waals surface area contributed by atoms with Gasteiger partial charge in [-0.1, -0.05) is 78.9 Å². The lowest BCUT2D eigenvalue weighted by Crippen LogP contribution is -2.33. The van der Waals surface area contributed by atoms with Gasteiger partial charge in [0.1, 0.15) is 17.3 Å². The Morgan fingerprint density at radius 1 is 0.935 bits per heavy atom. The number of rotatable bonds is 7. The molecule has 1 heterocycles. The Labute approximate surface area is 183 Å². The number of carbonyl (C=O) groups excluding carboxylic acids is 1. The maximum atomic E-state index is 13.0. The monoisotopic (exact) mass is 410 g/mol. The number of benzene rings is 3. The molecular formula is C27H26N2O2. The number of nitriles is 1. The van der Waals surface area contributed by atoms with Crippen LogP contribution < -0.4 is 4.74 Å². The summed E-state index contributed by atoms with van der Waals surface area (Å²) in [6, 6.07) is 31.8. The number of hydrogen-bond donors (Lipinski definition) is 0. The molecule has 0 saturated carbocycles. The van der Waals surface area contributed by atoms with Crippen molar-refractivity contribution in [2.75, 3.05) is 13.1 Å². The molecule has 1 atom stereocenters. The third-order valence-corrected chi connectivity index (χ3v) is 5.98. The molecule has 0 spiro atoms. The molecule has 1 aliphatic heterocycles. The first-order chi connectivity index (χ1) is 15.2. The summed E-state index contributed by atoms with van der Waals surface area (Å²) in [5.74, 6) is 0.907. The van der Waals surface area contributed by atoms with Crippen LogP contribution in [0.15, 0.2) is 91.0 Å². The highest BCUT2D eigenvalue weighted by molar-refractivity contribution is 5.77. The largest absolute Gasteiger partial charge is 0.489 e. The Bertz CT molecular complexity index is 990. The number of likely N-dealkylation sites (tertiary alicyclic amines) is 1. The average molecular weight is 411 g/mol. The maximum absolute atomic E-state index is 13.0. The molecule has 3 aromatic rings. The fraction of sp³-hybridized carbons (Fsp3) is 0.259. The van der Waals surface area contributed by atoms with Gasteiger partial charge in [-0.2, -0.15) is 5.26 Å². The zero-order valence-electron chi connectivity index (χ0n) is 17.5. The minimum atomic E-state index is -0.849. The molecule has 0 aromatic heterocycles. The van der Waals surface area contributed by atoms with Crippen LogP contribution in [0.4, 0.5) is 0 Å². The Morgan fingerprint density at radius 3 is 2.03 bits per heavy atom. The van der Waals surface area contributed by atoms with Gasteiger partial charge in [0.2, 0.25) is 5.91 Å². The van der Waals surface area contributed by atoms with Crippen LogP contribution in [0.5, 0.6) is 5.75 Å². The van der Waals surface area contributed by atoms with Crippen molar-refractivity contribution in [2.45, 2.75) is 30.8 Å². The van der Waals surface area contributed by atoms with Crippen molar-refractivity contribution in [3.63, 3.8) is 0 Å². The van der Waals surface area contributed by atoms with E-state index in [2.05, 4.69) is 6.07 Å². The molecule has 0 aliphatic carbocycles. The van der Waals surface area contributed by atoms with Gasteiger partial charge in [-0.3, -0.25) is 4.79 Å². The molecule has 0 unspecified atom stereocenters. The molecule has 1 amide bonds. The van der Waals surface area contributed by atoms with E-state index in [-0.39, 0.29) is 12.0 Å². The summed E-state index contributed by atoms with van der Waals surface area (Å²) in [5, 5.41) is 10.3. The molecular weight excluding hydrogens is 384 g/mol. The molecule has 4 nitrogen and oxygen atoms in total. The Hall–Kier alpha value is -3.58. The highest BCUT2D eigenvalue weighted by atomic mass is 16.5. The number of nitrogens with zero attached hydrogens (tertiary/aromatic N) is 2. The summed E-state index contributed by atoms with van der Waals surface area (Å²) >= 11 is 0. The van der Waals surface area contributed by atoms with Crippen LogP contribution >= 0.6 is 0 Å². The van der Waals surface area contributed by atoms with Crippen LogP contribution in [-0.2, 0) is 10.2 Å². The smallest absolute Gasteiger partial charge is 0.222 e. The van der Waals surface area contributed by atoms with Gasteiger partial charge >= 0.3 is 0 Å². The summed E-state index contributed by atoms with van der Waals surface area (Å²) < 4.78 is 6.01. The minimum absolute atomic E-state index is 0.00956. The molecule has 3 aromatic carbocycles. The summed E-state index contributed by atoms with van der Waals surface area (Å²) in [6.07, 6.45) is 1.59. The highest BCUT2D eigenvalue weighted by Crippen LogP contribution is 2.36. The Kier molecular flexibility index (Phi) is 6.33. The first kappa shape index (κ1) is 20.7. The zero-order chi connectivity index (χ0) is 21.5. The number of hydrogen-bond acceptors (Lipinski definition) is 3. The SMILES string of the molecule is N#CC(CCC(=O)N1CC[C@H](Oc2ccccc2)C1)(c1ccccc1)c1ccccc1. The van der Waals surface area contributed by atoms with Crippen molar-refractivity contribution in [3.8, 4) is 11.8 Å². The maximum Gasteiger partial charge on any atom is 0.222 e. The van der Waals surface area contributed by atoms with E-state index in [0.717, 1.165) is 23.3 Å². The van der Waals surface area contributed by atoms with Crippen LogP contribution in [0.3, 0.4) is 0 Å². The van der Waals surface area contributed by atoms with Gasteiger partial charge in [0, 0.05) is 19.4 Å². The quantitative estimate of drug-likeness (QED) is 0.553. The second-order valence-electron chi connectivity index (χ2n) is 7.93. The van der Waals surface area contributed by atoms with Gasteiger partial charge in [-0.05, 0) is 29.7 Å². The van der Waals surface area contributed by atoms with Gasteiger partial charge in [0.05, 0.1) is 12.6 Å². The number of amides is 1. The van der Waals surface area contributed by atoms with Crippen LogP contribution in [0, 0.1) is 11.3 Å². The van der Waals surface area contributed by atoms with Crippen molar-refractivity contribution in [1.29, 1.82) is 5.26 Å². The molecule has 1 aliphatic rings. The molecule has 1 fully saturated rings. The predicted molar refractivity (Wildman–Crippen MR) is 121 cm³/mol. The molecule has 4 rings (SSSR count). The van der Waals surface area contributed by atoms with E-state index in [0.29, 0.717) is 25.9 Å². The number of ether oxygens (including phenoxy) is 1. The molecule has 156 valence electrons. The first-order valence-electron chi connectivity index (χ1n) is 10.7. The van der Waals surface area contributed by atoms with Crippen molar-refractivity contribution in [1.82, 2.24) is 4.90 Å². The molecule has 1 saturated heterocycles. The van der Waals surface area contributed by atoms with Gasteiger partial charge in [0.15, 0.2) is 0 Å². The first-order valence-corrected chi connectivity index (χ1v) is 10.7. The fourth-order valence-corrected chi connectivity index (χ4v) is 4.28. The van der Waals surface area contributed by atoms with Gasteiger partial charge in [0.25, 0.3) is 0 Å². The van der Waals surface area contributed by atoms with Crippen LogP contribution in [0.2, 0.25) is 0 Å². The van der Waals surface area contributed by atoms with Crippen LogP contribution in [0.1, 0.15) is 30.4 Å². The van der Waals surface area contributed by atoms with E-state index in [1.54, 1.807) is 0 Å². The van der Waals surface area contributed by atoms with Crippen LogP contribution in [-0.4, -0.2) is 30.0 Å². The molecule has 4 heteroatoms. The summed E-state index contributed by atoms with van der Waals surface area (Å²) in [7, 11) is 0. The summed E-state index contributed by atoms with van der Waals surface area (Å²) in [5.41, 5.74) is 0.990. The van der Waals surface area contributed by atoms with Crippen LogP contribution in [0.25, 0.3) is 0 Å². The second kappa shape index (κ2) is 9.49. The number of para-hydroxylation sites is 1. The van der Waals surface area contributed by atoms with Gasteiger partial charge in [-0.15, -0.1) is 0 Å². The topological polar surface area (TPSA) is 53.3 Å². The predicted octanol–water partition coefficient (Wildman–Crippen LogP) is 4.96. The standard InChI is InChI=1S/C27H26N2O2/c28-21-27(22-10-4-1-5-11-22,23-12-6-2-7-13-23)18-16-26(30)29-19-17-25(20-29)31-24-14-8-3-9-15-24/h1-15,25H,16-20H2/t25-/m0/s1. The van der Waals surface area contributed by atoms with E-state index >= 15 is 0 Å². The van der Waals surface area contributed by atoms with Crippen molar-refractivity contribution in [3.05, 3.63) is 102 Å². The third-order valence-electron chi connectivity index (χ3n) is 5.98. The molecule has 0 N–H and O–H groups in total. The molecule has 0 bridgehead atoms. The van der Waals surface area contributed by atoms with Crippen molar-refractivity contribution in [2.24, 2.45) is 0 Å². The van der Waals surface area contributed by atoms with E-state index in [1.165, 1.54) is 0 Å². The molecule has 0 radical (unpaired) electrons. The fourth-order valence-electron chi connectivity index (χ4n) is 4.28. The average Bonchev–Trinajstić information content (AvgIpc) is 3.30. The third kappa shape index (κ3) is 4.62. The van der Waals surface area contributed by atoms with Crippen molar-refractivity contribution >= 4 is 5.91 Å². The van der Waals surface area contributed by atoms with Gasteiger partial charge in [-0.25, -0.2) is 0 Å². The van der Waals surface area contributed by atoms with E-state index < -0.39 is 5.41 Å². The van der Waals surface area contributed by atoms with E-state index in [4.69, 9.17) is 4.74 Å². The van der Waals surface area contributed by atoms with E-state index in [9.17, 15) is 10.1 Å². The zero-order valence-corrected chi connectivity index (χ0v) is 17.5. The van der Waals surface area contributed by atoms with Gasteiger partial charge < -0.3 is 9.64 Å². The summed E-state index contributed by atoms with van der Waals surface area (Å²) in [6.45, 7) is 1.27. The lowest BCUT2D eigenvalue weighted by molar-refractivity contribution is -0.130. The Morgan fingerprint density at radius 2 is 1.48 bits per heavy atom. The normalized spacial score (nSPS) is 16.0. The lowest BCUT2D eigenvalue weighted by Gasteiger charge is -2.28. The van der Waals surface area contributed by atoms with Crippen molar-refractivity contribution < 1.29 is 9.53 Å². The summed E-state index contributed by atoms with van der Waals surface area (Å²) in [4.78, 5) is 14.9. The number of carbonyl (C=O) groups is 1. The lowest BCUT2D eigenvalue weighted by atomic mass is 9.72. The second-order valence-corrected chi connectivity index (χ2v) is 7.93. The Balaban J connectivity index is 1.45. The van der Waals surface area contributed by atoms with E-state index in [1.807, 2.05) is 95.9 Å². The molecule has 31 heavy (non-hydrogen) atoms. The highest BCUT2D eigenvalue weighted by Gasteiger charge is 2.36.